The van der Waals surface area contributed by atoms with Gasteiger partial charge in [0.05, 0.1) is 33.3 Å². The molecule has 0 unspecified atom stereocenters. The first-order chi connectivity index (χ1) is 19.3. The Bertz CT molecular complexity index is 1450. The summed E-state index contributed by atoms with van der Waals surface area (Å²) in [7, 11) is 1.76. The van der Waals surface area contributed by atoms with E-state index in [2.05, 4.69) is 0 Å². The normalized spacial score (nSPS) is 14.3. The Morgan fingerprint density at radius 3 is 2.05 bits per heavy atom. The van der Waals surface area contributed by atoms with Crippen LogP contribution in [0.4, 0.5) is 0 Å². The van der Waals surface area contributed by atoms with Gasteiger partial charge in [0.25, 0.3) is 5.91 Å². The summed E-state index contributed by atoms with van der Waals surface area (Å²) in [5.41, 5.74) is 2.97. The van der Waals surface area contributed by atoms with Crippen molar-refractivity contribution in [3.8, 4) is 39.9 Å². The predicted molar refractivity (Wildman–Crippen MR) is 146 cm³/mol. The fourth-order valence-corrected chi connectivity index (χ4v) is 6.32. The second kappa shape index (κ2) is 12.5. The van der Waals surface area contributed by atoms with Crippen LogP contribution in [-0.2, 0) is 10.0 Å². The Morgan fingerprint density at radius 2 is 1.48 bits per heavy atom. The fraction of sp³-hybridized carbons (Fsp3) is 0.321. The highest BCUT2D eigenvalue weighted by molar-refractivity contribution is 7.89. The molecule has 1 aliphatic rings. The molecule has 3 aromatic rings. The highest BCUT2D eigenvalue weighted by atomic mass is 32.2. The van der Waals surface area contributed by atoms with Gasteiger partial charge in [0, 0.05) is 18.7 Å². The molecule has 3 aromatic carbocycles. The standard InChI is InChI=1S/C28H32N2O9S/c1-35-21-9-10-23(36-2)22(17-21)18-5-7-19(8-6-18)39-20-13-15-30(16-14-20)40(33,34)25-12-11-24(37-3)27(38-4)26(25)28(31)29-32/h5-12,17,20,32H,13-16H2,1-4H3,(H,29,31). The summed E-state index contributed by atoms with van der Waals surface area (Å²) in [5, 5.41) is 9.25. The summed E-state index contributed by atoms with van der Waals surface area (Å²) in [5.74, 6) is 1.13. The van der Waals surface area contributed by atoms with Crippen molar-refractivity contribution in [1.29, 1.82) is 0 Å². The number of benzene rings is 3. The van der Waals surface area contributed by atoms with Crippen LogP contribution in [-0.4, -0.2) is 71.5 Å². The number of methoxy groups -OCH3 is 4. The Hall–Kier alpha value is -4.00. The number of sulfonamides is 1. The predicted octanol–water partition coefficient (Wildman–Crippen LogP) is 3.74. The average molecular weight is 573 g/mol. The zero-order chi connectivity index (χ0) is 28.9. The van der Waals surface area contributed by atoms with Crippen LogP contribution in [0.5, 0.6) is 28.7 Å². The van der Waals surface area contributed by atoms with Gasteiger partial charge in [0.1, 0.15) is 28.9 Å². The summed E-state index contributed by atoms with van der Waals surface area (Å²) in [6.07, 6.45) is 0.688. The monoisotopic (exact) mass is 572 g/mol. The van der Waals surface area contributed by atoms with Crippen molar-refractivity contribution in [1.82, 2.24) is 9.79 Å². The number of carbonyl (C=O) groups is 1. The third kappa shape index (κ3) is 5.79. The van der Waals surface area contributed by atoms with Crippen LogP contribution in [0.2, 0.25) is 0 Å². The minimum absolute atomic E-state index is 0.0941. The van der Waals surface area contributed by atoms with Gasteiger partial charge >= 0.3 is 0 Å². The minimum atomic E-state index is -4.10. The van der Waals surface area contributed by atoms with Crippen molar-refractivity contribution in [2.24, 2.45) is 0 Å². The molecule has 1 amide bonds. The van der Waals surface area contributed by atoms with Gasteiger partial charge < -0.3 is 23.7 Å². The molecule has 40 heavy (non-hydrogen) atoms. The molecular weight excluding hydrogens is 540 g/mol. The van der Waals surface area contributed by atoms with E-state index in [1.807, 2.05) is 42.5 Å². The van der Waals surface area contributed by atoms with E-state index in [1.54, 1.807) is 14.2 Å². The fourth-order valence-electron chi connectivity index (χ4n) is 4.67. The van der Waals surface area contributed by atoms with E-state index in [9.17, 15) is 18.4 Å². The Labute approximate surface area is 233 Å². The number of hydrogen-bond acceptors (Lipinski definition) is 9. The van der Waals surface area contributed by atoms with Crippen molar-refractivity contribution in [2.45, 2.75) is 23.8 Å². The number of carbonyl (C=O) groups excluding carboxylic acids is 1. The second-order valence-corrected chi connectivity index (χ2v) is 10.8. The quantitative estimate of drug-likeness (QED) is 0.275. The number of hydrogen-bond donors (Lipinski definition) is 2. The number of amides is 1. The molecule has 0 saturated carbocycles. The molecule has 1 fully saturated rings. The van der Waals surface area contributed by atoms with E-state index >= 15 is 0 Å². The third-order valence-electron chi connectivity index (χ3n) is 6.73. The molecule has 0 radical (unpaired) electrons. The zero-order valence-corrected chi connectivity index (χ0v) is 23.5. The molecule has 1 saturated heterocycles. The maximum Gasteiger partial charge on any atom is 0.279 e. The van der Waals surface area contributed by atoms with Gasteiger partial charge in [-0.2, -0.15) is 4.31 Å². The lowest BCUT2D eigenvalue weighted by Gasteiger charge is -2.32. The van der Waals surface area contributed by atoms with Gasteiger partial charge in [-0.05, 0) is 60.9 Å². The van der Waals surface area contributed by atoms with Crippen LogP contribution < -0.4 is 29.2 Å². The van der Waals surface area contributed by atoms with Crippen LogP contribution >= 0.6 is 0 Å². The lowest BCUT2D eigenvalue weighted by Crippen LogP contribution is -2.42. The van der Waals surface area contributed by atoms with E-state index in [-0.39, 0.29) is 41.2 Å². The summed E-state index contributed by atoms with van der Waals surface area (Å²) in [4.78, 5) is 12.1. The number of rotatable bonds is 10. The topological polar surface area (TPSA) is 133 Å². The Kier molecular flexibility index (Phi) is 9.03. The molecular formula is C28H32N2O9S. The lowest BCUT2D eigenvalue weighted by molar-refractivity contribution is 0.0698. The van der Waals surface area contributed by atoms with Crippen molar-refractivity contribution >= 4 is 15.9 Å². The molecule has 0 spiro atoms. The molecule has 2 N–H and O–H groups in total. The molecule has 1 aliphatic heterocycles. The minimum Gasteiger partial charge on any atom is -0.497 e. The van der Waals surface area contributed by atoms with Gasteiger partial charge in [0.2, 0.25) is 10.0 Å². The smallest absolute Gasteiger partial charge is 0.279 e. The first-order valence-corrected chi connectivity index (χ1v) is 13.9. The molecule has 12 heteroatoms. The summed E-state index contributed by atoms with van der Waals surface area (Å²) in [6, 6.07) is 15.8. The first kappa shape index (κ1) is 29.0. The number of piperidine rings is 1. The van der Waals surface area contributed by atoms with Crippen LogP contribution in [0.1, 0.15) is 23.2 Å². The highest BCUT2D eigenvalue weighted by Crippen LogP contribution is 2.38. The maximum absolute atomic E-state index is 13.5. The molecule has 0 bridgehead atoms. The summed E-state index contributed by atoms with van der Waals surface area (Å²) in [6.45, 7) is 0.362. The summed E-state index contributed by atoms with van der Waals surface area (Å²) >= 11 is 0. The Morgan fingerprint density at radius 1 is 0.850 bits per heavy atom. The number of hydroxylamine groups is 1. The SMILES string of the molecule is COc1ccc(OC)c(-c2ccc(OC3CCN(S(=O)(=O)c4ccc(OC)c(OC)c4C(=O)NO)CC3)cc2)c1. The van der Waals surface area contributed by atoms with Crippen LogP contribution in [0.25, 0.3) is 11.1 Å². The van der Waals surface area contributed by atoms with E-state index < -0.39 is 15.9 Å². The van der Waals surface area contributed by atoms with Crippen molar-refractivity contribution in [2.75, 3.05) is 41.5 Å². The molecule has 0 aromatic heterocycles. The molecule has 4 rings (SSSR count). The van der Waals surface area contributed by atoms with Gasteiger partial charge in [-0.15, -0.1) is 0 Å². The van der Waals surface area contributed by atoms with E-state index in [4.69, 9.17) is 23.7 Å². The van der Waals surface area contributed by atoms with Gasteiger partial charge in [0.15, 0.2) is 11.5 Å². The first-order valence-electron chi connectivity index (χ1n) is 12.5. The Balaban J connectivity index is 1.47. The number of nitrogens with one attached hydrogen (secondary N) is 1. The molecule has 0 atom stereocenters. The van der Waals surface area contributed by atoms with Crippen molar-refractivity contribution < 1.29 is 42.1 Å². The maximum atomic E-state index is 13.5. The highest BCUT2D eigenvalue weighted by Gasteiger charge is 2.35. The molecule has 214 valence electrons. The second-order valence-electron chi connectivity index (χ2n) is 8.93. The zero-order valence-electron chi connectivity index (χ0n) is 22.7. The largest absolute Gasteiger partial charge is 0.497 e. The average Bonchev–Trinajstić information content (AvgIpc) is 3.00. The van der Waals surface area contributed by atoms with Crippen molar-refractivity contribution in [3.63, 3.8) is 0 Å². The van der Waals surface area contributed by atoms with E-state index in [0.717, 1.165) is 22.6 Å². The lowest BCUT2D eigenvalue weighted by atomic mass is 10.0. The van der Waals surface area contributed by atoms with E-state index in [0.29, 0.717) is 18.6 Å². The number of ether oxygens (including phenoxy) is 5. The van der Waals surface area contributed by atoms with Gasteiger partial charge in [-0.1, -0.05) is 12.1 Å². The van der Waals surface area contributed by atoms with Gasteiger partial charge in [-0.25, -0.2) is 13.9 Å². The van der Waals surface area contributed by atoms with E-state index in [1.165, 1.54) is 36.1 Å². The number of nitrogens with zero attached hydrogens (tertiary/aromatic N) is 1. The third-order valence-corrected chi connectivity index (χ3v) is 8.67. The molecule has 11 nitrogen and oxygen atoms in total. The van der Waals surface area contributed by atoms with Gasteiger partial charge in [-0.3, -0.25) is 10.0 Å². The molecule has 0 aliphatic carbocycles. The van der Waals surface area contributed by atoms with Crippen LogP contribution in [0.3, 0.4) is 0 Å². The van der Waals surface area contributed by atoms with Crippen LogP contribution in [0, 0.1) is 0 Å². The van der Waals surface area contributed by atoms with Crippen molar-refractivity contribution in [3.05, 3.63) is 60.2 Å². The summed E-state index contributed by atoms with van der Waals surface area (Å²) < 4.78 is 55.8. The van der Waals surface area contributed by atoms with Crippen LogP contribution in [0.15, 0.2) is 59.5 Å². The molecule has 1 heterocycles.